The quantitative estimate of drug-likeness (QED) is 0.0351. The van der Waals surface area contributed by atoms with E-state index in [1.807, 2.05) is 0 Å². The first-order chi connectivity index (χ1) is 25.9. The molecule has 0 aliphatic heterocycles. The fourth-order valence-electron chi connectivity index (χ4n) is 6.95. The van der Waals surface area contributed by atoms with Gasteiger partial charge in [-0.2, -0.15) is 0 Å². The molecule has 0 aliphatic rings. The molecule has 0 spiro atoms. The van der Waals surface area contributed by atoms with Crippen LogP contribution in [-0.2, 0) is 28.6 Å². The third kappa shape index (κ3) is 39.9. The molecule has 0 aromatic carbocycles. The third-order valence-corrected chi connectivity index (χ3v) is 10.9. The zero-order valence-corrected chi connectivity index (χ0v) is 36.0. The molecule has 0 saturated carbocycles. The Labute approximate surface area is 329 Å². The van der Waals surface area contributed by atoms with E-state index in [0.29, 0.717) is 19.3 Å². The number of rotatable bonds is 42. The van der Waals surface area contributed by atoms with Gasteiger partial charge in [0.15, 0.2) is 6.10 Å². The molecule has 0 fully saturated rings. The lowest BCUT2D eigenvalue weighted by Crippen LogP contribution is -2.30. The maximum absolute atomic E-state index is 12.6. The monoisotopic (exact) mass is 751 g/mol. The molecule has 0 saturated heterocycles. The second-order valence-corrected chi connectivity index (χ2v) is 16.3. The number of carbonyl (C=O) groups excluding carboxylic acids is 3. The van der Waals surface area contributed by atoms with Crippen molar-refractivity contribution in [3.05, 3.63) is 0 Å². The predicted octanol–water partition coefficient (Wildman–Crippen LogP) is 14.7. The van der Waals surface area contributed by atoms with Gasteiger partial charge in [-0.05, 0) is 25.2 Å². The fraction of sp³-hybridized carbons (Fsp3) is 0.936. The van der Waals surface area contributed by atoms with Gasteiger partial charge in [0, 0.05) is 19.3 Å². The Kier molecular flexibility index (Phi) is 40.3. The van der Waals surface area contributed by atoms with Gasteiger partial charge < -0.3 is 14.2 Å². The van der Waals surface area contributed by atoms with Crippen LogP contribution in [0.3, 0.4) is 0 Å². The summed E-state index contributed by atoms with van der Waals surface area (Å²) in [5.74, 6) is 0.0295. The molecular formula is C47H90O6. The Bertz CT molecular complexity index is 798. The molecule has 0 amide bonds. The summed E-state index contributed by atoms with van der Waals surface area (Å²) in [7, 11) is 0. The molecule has 2 atom stereocenters. The summed E-state index contributed by atoms with van der Waals surface area (Å²) in [6, 6.07) is 0. The molecule has 0 bridgehead atoms. The van der Waals surface area contributed by atoms with Gasteiger partial charge in [-0.1, -0.05) is 220 Å². The standard InChI is InChI=1S/C47H90O6/c1-5-8-10-12-13-14-15-21-25-28-32-36-40-47(50)53-44(41-51-45(48)38-34-29-11-9-6-2)42-52-46(49)39-35-31-27-24-22-19-17-16-18-20-23-26-30-33-37-43(4)7-3/h43-44H,5-42H2,1-4H3/t43?,44-/m1/s1. The summed E-state index contributed by atoms with van der Waals surface area (Å²) < 4.78 is 16.6. The smallest absolute Gasteiger partial charge is 0.306 e. The van der Waals surface area contributed by atoms with E-state index in [-0.39, 0.29) is 31.1 Å². The van der Waals surface area contributed by atoms with E-state index < -0.39 is 6.10 Å². The minimum absolute atomic E-state index is 0.0645. The molecule has 6 heteroatoms. The lowest BCUT2D eigenvalue weighted by atomic mass is 9.99. The minimum Gasteiger partial charge on any atom is -0.462 e. The first-order valence-corrected chi connectivity index (χ1v) is 23.4. The van der Waals surface area contributed by atoms with Crippen molar-refractivity contribution in [3.8, 4) is 0 Å². The highest BCUT2D eigenvalue weighted by Gasteiger charge is 2.19. The van der Waals surface area contributed by atoms with Gasteiger partial charge in [-0.3, -0.25) is 14.4 Å². The Morgan fingerprint density at radius 1 is 0.377 bits per heavy atom. The number of ether oxygens (including phenoxy) is 3. The molecule has 0 rings (SSSR count). The van der Waals surface area contributed by atoms with Crippen LogP contribution < -0.4 is 0 Å². The van der Waals surface area contributed by atoms with Crippen LogP contribution >= 0.6 is 0 Å². The lowest BCUT2D eigenvalue weighted by molar-refractivity contribution is -0.167. The summed E-state index contributed by atoms with van der Waals surface area (Å²) in [5, 5.41) is 0. The molecule has 0 N–H and O–H groups in total. The summed E-state index contributed by atoms with van der Waals surface area (Å²) >= 11 is 0. The molecule has 0 aliphatic carbocycles. The van der Waals surface area contributed by atoms with Gasteiger partial charge in [0.25, 0.3) is 0 Å². The van der Waals surface area contributed by atoms with Crippen LogP contribution in [0.1, 0.15) is 259 Å². The van der Waals surface area contributed by atoms with Gasteiger partial charge in [0.1, 0.15) is 13.2 Å². The average molecular weight is 751 g/mol. The molecule has 6 nitrogen and oxygen atoms in total. The van der Waals surface area contributed by atoms with Crippen molar-refractivity contribution < 1.29 is 28.6 Å². The first-order valence-electron chi connectivity index (χ1n) is 23.4. The second kappa shape index (κ2) is 41.6. The summed E-state index contributed by atoms with van der Waals surface area (Å²) in [4.78, 5) is 37.5. The van der Waals surface area contributed by atoms with Crippen LogP contribution in [0, 0.1) is 5.92 Å². The van der Waals surface area contributed by atoms with Gasteiger partial charge >= 0.3 is 17.9 Å². The maximum atomic E-state index is 12.6. The summed E-state index contributed by atoms with van der Waals surface area (Å²) in [5.41, 5.74) is 0. The fourth-order valence-corrected chi connectivity index (χ4v) is 6.95. The second-order valence-electron chi connectivity index (χ2n) is 16.3. The van der Waals surface area contributed by atoms with E-state index in [9.17, 15) is 14.4 Å². The first kappa shape index (κ1) is 51.4. The number of hydrogen-bond donors (Lipinski definition) is 0. The third-order valence-electron chi connectivity index (χ3n) is 10.9. The van der Waals surface area contributed by atoms with Gasteiger partial charge in [0.05, 0.1) is 0 Å². The minimum atomic E-state index is -0.757. The molecule has 53 heavy (non-hydrogen) atoms. The predicted molar refractivity (Wildman–Crippen MR) is 224 cm³/mol. The van der Waals surface area contributed by atoms with Crippen LogP contribution in [0.5, 0.6) is 0 Å². The van der Waals surface area contributed by atoms with Crippen LogP contribution in [0.2, 0.25) is 0 Å². The number of carbonyl (C=O) groups is 3. The topological polar surface area (TPSA) is 78.9 Å². The van der Waals surface area contributed by atoms with Crippen LogP contribution in [0.15, 0.2) is 0 Å². The van der Waals surface area contributed by atoms with E-state index in [2.05, 4.69) is 27.7 Å². The zero-order valence-electron chi connectivity index (χ0n) is 36.0. The molecular weight excluding hydrogens is 661 g/mol. The highest BCUT2D eigenvalue weighted by molar-refractivity contribution is 5.71. The van der Waals surface area contributed by atoms with Crippen molar-refractivity contribution in [1.82, 2.24) is 0 Å². The molecule has 0 radical (unpaired) electrons. The lowest BCUT2D eigenvalue weighted by Gasteiger charge is -2.18. The Morgan fingerprint density at radius 2 is 0.660 bits per heavy atom. The Morgan fingerprint density at radius 3 is 0.981 bits per heavy atom. The summed E-state index contributed by atoms with van der Waals surface area (Å²) in [6.45, 7) is 8.96. The molecule has 0 aromatic rings. The molecule has 0 aromatic heterocycles. The van der Waals surface area contributed by atoms with Gasteiger partial charge in [-0.15, -0.1) is 0 Å². The number of unbranched alkanes of at least 4 members (excludes halogenated alkanes) is 28. The van der Waals surface area contributed by atoms with Crippen molar-refractivity contribution in [3.63, 3.8) is 0 Å². The van der Waals surface area contributed by atoms with Gasteiger partial charge in [0.2, 0.25) is 0 Å². The summed E-state index contributed by atoms with van der Waals surface area (Å²) in [6.07, 6.45) is 41.1. The number of hydrogen-bond acceptors (Lipinski definition) is 6. The van der Waals surface area contributed by atoms with Crippen molar-refractivity contribution in [1.29, 1.82) is 0 Å². The van der Waals surface area contributed by atoms with E-state index in [1.54, 1.807) is 0 Å². The van der Waals surface area contributed by atoms with E-state index in [4.69, 9.17) is 14.2 Å². The SMILES string of the molecule is CCCCCCCCCCCCCCC(=O)O[C@H](COC(=O)CCCCCCC)COC(=O)CCCCCCCCCCCCCCCCC(C)CC. The van der Waals surface area contributed by atoms with Crippen LogP contribution in [-0.4, -0.2) is 37.2 Å². The van der Waals surface area contributed by atoms with Crippen LogP contribution in [0.4, 0.5) is 0 Å². The van der Waals surface area contributed by atoms with E-state index >= 15 is 0 Å². The highest BCUT2D eigenvalue weighted by Crippen LogP contribution is 2.17. The molecule has 0 heterocycles. The van der Waals surface area contributed by atoms with Crippen molar-refractivity contribution in [2.24, 2.45) is 5.92 Å². The Hall–Kier alpha value is -1.59. The average Bonchev–Trinajstić information content (AvgIpc) is 3.15. The number of esters is 3. The maximum Gasteiger partial charge on any atom is 0.306 e. The van der Waals surface area contributed by atoms with Crippen LogP contribution in [0.25, 0.3) is 0 Å². The highest BCUT2D eigenvalue weighted by atomic mass is 16.6. The van der Waals surface area contributed by atoms with Gasteiger partial charge in [-0.25, -0.2) is 0 Å². The largest absolute Gasteiger partial charge is 0.462 e. The van der Waals surface area contributed by atoms with Crippen molar-refractivity contribution in [2.75, 3.05) is 13.2 Å². The molecule has 314 valence electrons. The van der Waals surface area contributed by atoms with E-state index in [0.717, 1.165) is 70.1 Å². The van der Waals surface area contributed by atoms with E-state index in [1.165, 1.54) is 148 Å². The Balaban J connectivity index is 4.13. The van der Waals surface area contributed by atoms with Crippen molar-refractivity contribution in [2.45, 2.75) is 265 Å². The zero-order chi connectivity index (χ0) is 38.9. The van der Waals surface area contributed by atoms with Crippen molar-refractivity contribution >= 4 is 17.9 Å². The normalized spacial score (nSPS) is 12.5. The molecule has 1 unspecified atom stereocenters.